The van der Waals surface area contributed by atoms with Crippen LogP contribution in [0, 0.1) is 19.8 Å². The van der Waals surface area contributed by atoms with Crippen molar-refractivity contribution in [2.45, 2.75) is 77.6 Å². The summed E-state index contributed by atoms with van der Waals surface area (Å²) in [6.07, 6.45) is 10.2. The molecule has 9 nitrogen and oxygen atoms in total. The van der Waals surface area contributed by atoms with Crippen LogP contribution in [0.15, 0.2) is 18.5 Å². The van der Waals surface area contributed by atoms with Crippen molar-refractivity contribution in [2.24, 2.45) is 13.0 Å². The molecule has 1 fully saturated rings. The van der Waals surface area contributed by atoms with Gasteiger partial charge < -0.3 is 14.4 Å². The first kappa shape index (κ1) is 26.9. The molecule has 2 aliphatic rings. The molecule has 0 radical (unpaired) electrons. The third kappa shape index (κ3) is 5.39. The second-order valence-corrected chi connectivity index (χ2v) is 16.7. The molecule has 0 saturated carbocycles. The van der Waals surface area contributed by atoms with Crippen molar-refractivity contribution >= 4 is 31.0 Å². The molecule has 38 heavy (non-hydrogen) atoms. The molecule has 4 heterocycles. The lowest BCUT2D eigenvalue weighted by atomic mass is 9.83. The summed E-state index contributed by atoms with van der Waals surface area (Å²) >= 11 is 0. The quantitative estimate of drug-likeness (QED) is 0.445. The van der Waals surface area contributed by atoms with Gasteiger partial charge in [0.2, 0.25) is 5.95 Å². The number of rotatable bonds is 6. The van der Waals surface area contributed by atoms with E-state index in [1.165, 1.54) is 5.57 Å². The Kier molecular flexibility index (Phi) is 7.17. The number of fused-ring (bicyclic) bond motifs is 1. The standard InChI is InChI=1S/C28H41N7O2Si/c1-18-19(2)31-26-25(30-18)24(21-10-8-20(9-11-21)14-28(3,4)38(6,7)36)32-27(33-26)35-12-13-37-23(17-35)22-15-29-34(5)16-22/h10,15-16,20,23,36H,8-9,11-14,17H2,1-7H3/t20?,23-/m1/s1. The lowest BCUT2D eigenvalue weighted by Crippen LogP contribution is -2.40. The Morgan fingerprint density at radius 2 is 1.89 bits per heavy atom. The summed E-state index contributed by atoms with van der Waals surface area (Å²) in [5, 5.41) is 4.30. The van der Waals surface area contributed by atoms with Crippen LogP contribution in [0.3, 0.4) is 0 Å². The summed E-state index contributed by atoms with van der Waals surface area (Å²) in [5.74, 6) is 1.24. The summed E-state index contributed by atoms with van der Waals surface area (Å²) in [6, 6.07) is 0. The van der Waals surface area contributed by atoms with E-state index in [0.717, 1.165) is 60.4 Å². The van der Waals surface area contributed by atoms with E-state index in [9.17, 15) is 4.80 Å². The fraction of sp³-hybridized carbons (Fsp3) is 0.607. The maximum atomic E-state index is 10.8. The minimum absolute atomic E-state index is 0.0148. The monoisotopic (exact) mass is 535 g/mol. The molecule has 0 bridgehead atoms. The van der Waals surface area contributed by atoms with Gasteiger partial charge in [0.15, 0.2) is 14.0 Å². The summed E-state index contributed by atoms with van der Waals surface area (Å²) in [4.78, 5) is 32.7. The highest BCUT2D eigenvalue weighted by Crippen LogP contribution is 2.45. The van der Waals surface area contributed by atoms with E-state index in [-0.39, 0.29) is 11.1 Å². The van der Waals surface area contributed by atoms with Crippen LogP contribution < -0.4 is 4.90 Å². The van der Waals surface area contributed by atoms with Gasteiger partial charge in [-0.25, -0.2) is 15.0 Å². The number of hydrogen-bond donors (Lipinski definition) is 1. The average Bonchev–Trinajstić information content (AvgIpc) is 3.30. The van der Waals surface area contributed by atoms with Gasteiger partial charge in [-0.15, -0.1) is 0 Å². The Bertz CT molecular complexity index is 1360. The average molecular weight is 536 g/mol. The summed E-state index contributed by atoms with van der Waals surface area (Å²) in [6.45, 7) is 14.5. The Balaban J connectivity index is 1.46. The second kappa shape index (κ2) is 10.1. The second-order valence-electron chi connectivity index (χ2n) is 12.2. The number of nitrogens with zero attached hydrogens (tertiary/aromatic N) is 7. The zero-order chi connectivity index (χ0) is 27.2. The molecular weight excluding hydrogens is 494 g/mol. The molecule has 1 aliphatic carbocycles. The van der Waals surface area contributed by atoms with E-state index in [2.05, 4.69) is 43.0 Å². The highest BCUT2D eigenvalue weighted by Gasteiger charge is 2.40. The van der Waals surface area contributed by atoms with E-state index in [1.807, 2.05) is 33.3 Å². The molecule has 1 saturated heterocycles. The van der Waals surface area contributed by atoms with E-state index < -0.39 is 8.32 Å². The van der Waals surface area contributed by atoms with Crippen molar-refractivity contribution in [3.8, 4) is 0 Å². The third-order valence-corrected chi connectivity index (χ3v) is 12.2. The molecule has 0 amide bonds. The van der Waals surface area contributed by atoms with Gasteiger partial charge in [-0.2, -0.15) is 10.1 Å². The molecule has 2 atom stereocenters. The summed E-state index contributed by atoms with van der Waals surface area (Å²) in [5.41, 5.74) is 6.41. The van der Waals surface area contributed by atoms with Gasteiger partial charge in [0.25, 0.3) is 0 Å². The van der Waals surface area contributed by atoms with Crippen LogP contribution >= 0.6 is 0 Å². The molecule has 1 unspecified atom stereocenters. The van der Waals surface area contributed by atoms with Gasteiger partial charge in [-0.1, -0.05) is 19.9 Å². The summed E-state index contributed by atoms with van der Waals surface area (Å²) in [7, 11) is -0.315. The van der Waals surface area contributed by atoms with Crippen molar-refractivity contribution in [2.75, 3.05) is 24.6 Å². The normalized spacial score (nSPS) is 21.2. The Morgan fingerprint density at radius 1 is 1.13 bits per heavy atom. The topological polar surface area (TPSA) is 102 Å². The molecule has 1 aliphatic heterocycles. The van der Waals surface area contributed by atoms with Gasteiger partial charge in [0, 0.05) is 25.4 Å². The molecule has 0 spiro atoms. The molecule has 3 aromatic heterocycles. The first-order valence-electron chi connectivity index (χ1n) is 13.7. The maximum absolute atomic E-state index is 10.8. The molecule has 10 heteroatoms. The van der Waals surface area contributed by atoms with Crippen LogP contribution in [0.25, 0.3) is 16.7 Å². The first-order valence-corrected chi connectivity index (χ1v) is 16.7. The zero-order valence-corrected chi connectivity index (χ0v) is 24.8. The number of ether oxygens (including phenoxy) is 1. The molecule has 3 aromatic rings. The number of hydrogen-bond acceptors (Lipinski definition) is 8. The van der Waals surface area contributed by atoms with Crippen LogP contribution in [0.1, 0.15) is 68.3 Å². The SMILES string of the molecule is Cc1nc2nc(N3CCO[C@@H](c4cnn(C)c4)C3)nc(C3=CCC(CC(C)(C)[Si](C)(C)O)CC3)c2nc1C. The lowest BCUT2D eigenvalue weighted by Gasteiger charge is -2.38. The van der Waals surface area contributed by atoms with Gasteiger partial charge in [-0.05, 0) is 69.2 Å². The minimum atomic E-state index is -2.23. The first-order chi connectivity index (χ1) is 17.9. The van der Waals surface area contributed by atoms with Crippen LogP contribution in [0.4, 0.5) is 5.95 Å². The molecule has 0 aromatic carbocycles. The Morgan fingerprint density at radius 3 is 2.55 bits per heavy atom. The number of anilines is 1. The van der Waals surface area contributed by atoms with Crippen LogP contribution in [-0.4, -0.2) is 62.5 Å². The molecule has 204 valence electrons. The van der Waals surface area contributed by atoms with Gasteiger partial charge in [-0.3, -0.25) is 4.68 Å². The number of morpholine rings is 1. The summed E-state index contributed by atoms with van der Waals surface area (Å²) < 4.78 is 7.87. The van der Waals surface area contributed by atoms with Crippen molar-refractivity contribution in [3.63, 3.8) is 0 Å². The van der Waals surface area contributed by atoms with Crippen molar-refractivity contribution in [1.29, 1.82) is 0 Å². The van der Waals surface area contributed by atoms with Crippen molar-refractivity contribution < 1.29 is 9.53 Å². The number of aryl methyl sites for hydroxylation is 3. The largest absolute Gasteiger partial charge is 0.432 e. The van der Waals surface area contributed by atoms with Gasteiger partial charge in [0.1, 0.15) is 11.6 Å². The van der Waals surface area contributed by atoms with Crippen LogP contribution in [-0.2, 0) is 11.8 Å². The Hall–Kier alpha value is -2.69. The minimum Gasteiger partial charge on any atom is -0.432 e. The lowest BCUT2D eigenvalue weighted by molar-refractivity contribution is 0.0392. The maximum Gasteiger partial charge on any atom is 0.228 e. The fourth-order valence-electron chi connectivity index (χ4n) is 5.37. The van der Waals surface area contributed by atoms with Gasteiger partial charge >= 0.3 is 0 Å². The third-order valence-electron chi connectivity index (χ3n) is 8.66. The van der Waals surface area contributed by atoms with Crippen molar-refractivity contribution in [3.05, 3.63) is 41.1 Å². The van der Waals surface area contributed by atoms with Crippen LogP contribution in [0.5, 0.6) is 0 Å². The van der Waals surface area contributed by atoms with E-state index in [4.69, 9.17) is 24.7 Å². The highest BCUT2D eigenvalue weighted by atomic mass is 28.4. The zero-order valence-electron chi connectivity index (χ0n) is 23.8. The fourth-order valence-corrected chi connectivity index (χ4v) is 6.15. The van der Waals surface area contributed by atoms with Gasteiger partial charge in [0.05, 0.1) is 36.4 Å². The number of allylic oxidation sites excluding steroid dienone is 2. The number of aromatic nitrogens is 6. The predicted octanol–water partition coefficient (Wildman–Crippen LogP) is 4.90. The molecular formula is C28H41N7O2Si. The molecule has 1 N–H and O–H groups in total. The predicted molar refractivity (Wildman–Crippen MR) is 152 cm³/mol. The van der Waals surface area contributed by atoms with E-state index in [1.54, 1.807) is 4.68 Å². The molecule has 5 rings (SSSR count). The van der Waals surface area contributed by atoms with Crippen molar-refractivity contribution in [1.82, 2.24) is 29.7 Å². The van der Waals surface area contributed by atoms with E-state index >= 15 is 0 Å². The highest BCUT2D eigenvalue weighted by molar-refractivity contribution is 6.72. The Labute approximate surface area is 226 Å². The van der Waals surface area contributed by atoms with Crippen LogP contribution in [0.2, 0.25) is 18.1 Å². The smallest absolute Gasteiger partial charge is 0.228 e. The van der Waals surface area contributed by atoms with E-state index in [0.29, 0.717) is 30.7 Å².